The van der Waals surface area contributed by atoms with E-state index in [2.05, 4.69) is 15.3 Å². The third kappa shape index (κ3) is 3.16. The number of morpholine rings is 1. The summed E-state index contributed by atoms with van der Waals surface area (Å²) in [6.07, 6.45) is 1.74. The largest absolute Gasteiger partial charge is 0.378 e. The molecule has 8 heteroatoms. The van der Waals surface area contributed by atoms with Crippen LogP contribution in [-0.2, 0) is 11.3 Å². The molecule has 1 saturated heterocycles. The van der Waals surface area contributed by atoms with Crippen LogP contribution in [0, 0.1) is 4.77 Å². The predicted octanol–water partition coefficient (Wildman–Crippen LogP) is 2.75. The molecule has 0 radical (unpaired) electrons. The molecule has 0 bridgehead atoms. The van der Waals surface area contributed by atoms with Gasteiger partial charge in [-0.25, -0.2) is 0 Å². The molecule has 0 amide bonds. The van der Waals surface area contributed by atoms with Crippen LogP contribution >= 0.6 is 23.8 Å². The van der Waals surface area contributed by atoms with Crippen LogP contribution in [0.25, 0.3) is 11.0 Å². The maximum absolute atomic E-state index is 12.0. The number of benzene rings is 1. The van der Waals surface area contributed by atoms with E-state index in [4.69, 9.17) is 28.6 Å². The molecule has 25 heavy (non-hydrogen) atoms. The summed E-state index contributed by atoms with van der Waals surface area (Å²) in [5, 5.41) is 4.15. The lowest BCUT2D eigenvalue weighted by molar-refractivity contribution is 0.0766. The SMILES string of the molecule is O=c1[nH]c(=S)n(Cc2ccc(Cl)cc2[C@@H]2COCCN2)c2cc[nH]c12. The maximum atomic E-state index is 12.0. The standard InChI is InChI=1S/C17H17ClN4O2S/c18-11-2-1-10(12(7-11)13-9-24-6-5-19-13)8-22-14-3-4-20-15(14)16(23)21-17(22)25/h1-4,7,13,19-20H,5-6,8-9H2,(H,21,23,25)/t13-/m0/s1. The van der Waals surface area contributed by atoms with Crippen LogP contribution in [0.2, 0.25) is 5.02 Å². The van der Waals surface area contributed by atoms with Crippen molar-refractivity contribution in [3.63, 3.8) is 0 Å². The van der Waals surface area contributed by atoms with Crippen LogP contribution < -0.4 is 10.9 Å². The molecule has 1 fully saturated rings. The van der Waals surface area contributed by atoms with E-state index in [9.17, 15) is 4.79 Å². The van der Waals surface area contributed by atoms with Crippen molar-refractivity contribution in [3.8, 4) is 0 Å². The zero-order chi connectivity index (χ0) is 17.4. The van der Waals surface area contributed by atoms with E-state index in [0.29, 0.717) is 35.1 Å². The first kappa shape index (κ1) is 16.5. The molecule has 2 aromatic heterocycles. The van der Waals surface area contributed by atoms with Gasteiger partial charge in [-0.3, -0.25) is 9.78 Å². The van der Waals surface area contributed by atoms with Crippen molar-refractivity contribution in [1.29, 1.82) is 0 Å². The van der Waals surface area contributed by atoms with Gasteiger partial charge in [0, 0.05) is 17.8 Å². The topological polar surface area (TPSA) is 74.8 Å². The van der Waals surface area contributed by atoms with Crippen molar-refractivity contribution in [2.45, 2.75) is 12.6 Å². The minimum atomic E-state index is -0.208. The molecule has 0 saturated carbocycles. The number of rotatable bonds is 3. The van der Waals surface area contributed by atoms with Gasteiger partial charge in [-0.2, -0.15) is 0 Å². The lowest BCUT2D eigenvalue weighted by atomic mass is 10.00. The minimum absolute atomic E-state index is 0.0844. The predicted molar refractivity (Wildman–Crippen MR) is 99.9 cm³/mol. The summed E-state index contributed by atoms with van der Waals surface area (Å²) in [5.74, 6) is 0. The fraction of sp³-hybridized carbons (Fsp3) is 0.294. The van der Waals surface area contributed by atoms with Gasteiger partial charge in [0.1, 0.15) is 5.52 Å². The Bertz CT molecular complexity index is 1030. The quantitative estimate of drug-likeness (QED) is 0.614. The Morgan fingerprint density at radius 1 is 1.36 bits per heavy atom. The molecule has 1 aliphatic heterocycles. The molecule has 0 unspecified atom stereocenters. The normalized spacial score (nSPS) is 17.9. The van der Waals surface area contributed by atoms with Crippen LogP contribution in [0.1, 0.15) is 17.2 Å². The van der Waals surface area contributed by atoms with Crippen molar-refractivity contribution in [1.82, 2.24) is 19.9 Å². The van der Waals surface area contributed by atoms with Crippen molar-refractivity contribution < 1.29 is 4.74 Å². The molecule has 130 valence electrons. The van der Waals surface area contributed by atoms with E-state index in [-0.39, 0.29) is 11.6 Å². The van der Waals surface area contributed by atoms with E-state index in [1.54, 1.807) is 6.20 Å². The fourth-order valence-corrected chi connectivity index (χ4v) is 3.67. The van der Waals surface area contributed by atoms with Gasteiger partial charge >= 0.3 is 0 Å². The van der Waals surface area contributed by atoms with Crippen molar-refractivity contribution in [2.24, 2.45) is 0 Å². The monoisotopic (exact) mass is 376 g/mol. The molecule has 6 nitrogen and oxygen atoms in total. The van der Waals surface area contributed by atoms with Gasteiger partial charge in [-0.05, 0) is 41.5 Å². The van der Waals surface area contributed by atoms with Gasteiger partial charge in [0.05, 0.1) is 31.3 Å². The van der Waals surface area contributed by atoms with Crippen LogP contribution in [0.5, 0.6) is 0 Å². The Kier molecular flexibility index (Phi) is 4.47. The highest BCUT2D eigenvalue weighted by atomic mass is 35.5. The zero-order valence-corrected chi connectivity index (χ0v) is 14.9. The summed E-state index contributed by atoms with van der Waals surface area (Å²) in [6, 6.07) is 7.78. The van der Waals surface area contributed by atoms with Gasteiger partial charge in [0.2, 0.25) is 0 Å². The fourth-order valence-electron chi connectivity index (χ4n) is 3.23. The van der Waals surface area contributed by atoms with Crippen LogP contribution in [0.15, 0.2) is 35.3 Å². The number of hydrogen-bond donors (Lipinski definition) is 3. The Morgan fingerprint density at radius 2 is 2.24 bits per heavy atom. The summed E-state index contributed by atoms with van der Waals surface area (Å²) >= 11 is 11.6. The van der Waals surface area contributed by atoms with Crippen molar-refractivity contribution in [2.75, 3.05) is 19.8 Å². The average molecular weight is 377 g/mol. The summed E-state index contributed by atoms with van der Waals surface area (Å²) < 4.78 is 7.90. The number of aromatic amines is 2. The van der Waals surface area contributed by atoms with E-state index < -0.39 is 0 Å². The summed E-state index contributed by atoms with van der Waals surface area (Å²) in [7, 11) is 0. The second-order valence-corrected chi connectivity index (χ2v) is 6.83. The number of H-pyrrole nitrogens is 2. The lowest BCUT2D eigenvalue weighted by Gasteiger charge is -2.26. The second kappa shape index (κ2) is 6.76. The first-order valence-electron chi connectivity index (χ1n) is 8.03. The Morgan fingerprint density at radius 3 is 3.04 bits per heavy atom. The highest BCUT2D eigenvalue weighted by Gasteiger charge is 2.19. The third-order valence-corrected chi connectivity index (χ3v) is 5.00. The van der Waals surface area contributed by atoms with E-state index in [1.165, 1.54) is 0 Å². The summed E-state index contributed by atoms with van der Waals surface area (Å²) in [4.78, 5) is 17.7. The van der Waals surface area contributed by atoms with Gasteiger partial charge in [-0.1, -0.05) is 17.7 Å². The van der Waals surface area contributed by atoms with E-state index in [0.717, 1.165) is 23.2 Å². The molecule has 1 aromatic carbocycles. The molecule has 0 aliphatic carbocycles. The van der Waals surface area contributed by atoms with Gasteiger partial charge in [-0.15, -0.1) is 0 Å². The number of aromatic nitrogens is 3. The molecule has 0 spiro atoms. The lowest BCUT2D eigenvalue weighted by Crippen LogP contribution is -2.35. The highest BCUT2D eigenvalue weighted by Crippen LogP contribution is 2.25. The number of halogens is 1. The van der Waals surface area contributed by atoms with E-state index in [1.807, 2.05) is 28.8 Å². The molecule has 3 aromatic rings. The molecule has 4 rings (SSSR count). The van der Waals surface area contributed by atoms with Gasteiger partial charge in [0.25, 0.3) is 5.56 Å². The van der Waals surface area contributed by atoms with Crippen LogP contribution in [0.3, 0.4) is 0 Å². The van der Waals surface area contributed by atoms with Crippen molar-refractivity contribution >= 4 is 34.9 Å². The number of nitrogens with one attached hydrogen (secondary N) is 3. The molecular weight excluding hydrogens is 360 g/mol. The average Bonchev–Trinajstić information content (AvgIpc) is 3.10. The number of hydrogen-bond acceptors (Lipinski definition) is 4. The second-order valence-electron chi connectivity index (χ2n) is 6.01. The molecule has 1 aliphatic rings. The number of ether oxygens (including phenoxy) is 1. The Labute approximate surface area is 153 Å². The minimum Gasteiger partial charge on any atom is -0.378 e. The highest BCUT2D eigenvalue weighted by molar-refractivity contribution is 7.71. The summed E-state index contributed by atoms with van der Waals surface area (Å²) in [5.41, 5.74) is 3.26. The van der Waals surface area contributed by atoms with Crippen molar-refractivity contribution in [3.05, 3.63) is 61.7 Å². The third-order valence-electron chi connectivity index (χ3n) is 4.44. The maximum Gasteiger partial charge on any atom is 0.276 e. The number of nitrogens with zero attached hydrogens (tertiary/aromatic N) is 1. The molecular formula is C17H17ClN4O2S. The van der Waals surface area contributed by atoms with Crippen LogP contribution in [0.4, 0.5) is 0 Å². The Hall–Kier alpha value is -1.93. The Balaban J connectivity index is 1.80. The van der Waals surface area contributed by atoms with Gasteiger partial charge < -0.3 is 19.6 Å². The number of fused-ring (bicyclic) bond motifs is 1. The first-order valence-corrected chi connectivity index (χ1v) is 8.82. The molecule has 1 atom stereocenters. The molecule has 3 heterocycles. The first-order chi connectivity index (χ1) is 12.1. The van der Waals surface area contributed by atoms with Gasteiger partial charge in [0.15, 0.2) is 4.77 Å². The smallest absolute Gasteiger partial charge is 0.276 e. The molecule has 3 N–H and O–H groups in total. The summed E-state index contributed by atoms with van der Waals surface area (Å²) in [6.45, 7) is 2.65. The zero-order valence-electron chi connectivity index (χ0n) is 13.3. The van der Waals surface area contributed by atoms with E-state index >= 15 is 0 Å². The van der Waals surface area contributed by atoms with Crippen LogP contribution in [-0.4, -0.2) is 34.3 Å².